The third-order valence-corrected chi connectivity index (χ3v) is 6.96. The third kappa shape index (κ3) is 3.40. The molecule has 0 aromatic heterocycles. The summed E-state index contributed by atoms with van der Waals surface area (Å²) in [6.07, 6.45) is 2.93. The molecule has 5 rings (SSSR count). The molecule has 3 aliphatic rings. The van der Waals surface area contributed by atoms with E-state index in [1.54, 1.807) is 12.1 Å². The molecule has 0 radical (unpaired) electrons. The molecule has 2 aromatic carbocycles. The van der Waals surface area contributed by atoms with Crippen LogP contribution < -0.4 is 4.90 Å². The Labute approximate surface area is 194 Å². The van der Waals surface area contributed by atoms with Gasteiger partial charge in [0, 0.05) is 17.7 Å². The minimum Gasteiger partial charge on any atom is -0.454 e. The van der Waals surface area contributed by atoms with Gasteiger partial charge in [-0.3, -0.25) is 24.5 Å². The second-order valence-electron chi connectivity index (χ2n) is 8.83. The summed E-state index contributed by atoms with van der Waals surface area (Å²) >= 11 is 0. The number of nitro groups is 1. The average Bonchev–Trinajstić information content (AvgIpc) is 3.47. The van der Waals surface area contributed by atoms with Crippen molar-refractivity contribution in [1.29, 1.82) is 0 Å². The van der Waals surface area contributed by atoms with Crippen LogP contribution in [0.15, 0.2) is 60.2 Å². The van der Waals surface area contributed by atoms with Gasteiger partial charge in [0.05, 0.1) is 28.0 Å². The Morgan fingerprint density at radius 1 is 1.06 bits per heavy atom. The first-order valence-corrected chi connectivity index (χ1v) is 10.9. The van der Waals surface area contributed by atoms with Crippen LogP contribution in [-0.2, 0) is 14.3 Å². The molecule has 2 bridgehead atoms. The summed E-state index contributed by atoms with van der Waals surface area (Å²) < 4.78 is 5.11. The van der Waals surface area contributed by atoms with Gasteiger partial charge in [0.1, 0.15) is 0 Å². The van der Waals surface area contributed by atoms with Crippen LogP contribution in [0.1, 0.15) is 34.1 Å². The van der Waals surface area contributed by atoms with Gasteiger partial charge in [0.15, 0.2) is 12.4 Å². The second kappa shape index (κ2) is 8.02. The number of fused-ring (bicyclic) bond motifs is 5. The molecular formula is C25H20N2O7. The fourth-order valence-electron chi connectivity index (χ4n) is 5.37. The molecule has 2 amide bonds. The molecule has 34 heavy (non-hydrogen) atoms. The number of Topliss-reactive ketones (excluding diaryl/α,β-unsaturated/α-hetero) is 1. The van der Waals surface area contributed by atoms with Crippen molar-refractivity contribution in [3.05, 3.63) is 81.4 Å². The molecule has 0 unspecified atom stereocenters. The Hall–Kier alpha value is -4.14. The van der Waals surface area contributed by atoms with Crippen LogP contribution in [0.4, 0.5) is 11.4 Å². The van der Waals surface area contributed by atoms with Crippen molar-refractivity contribution in [2.45, 2.75) is 13.3 Å². The Kier molecular flexibility index (Phi) is 5.11. The zero-order chi connectivity index (χ0) is 24.1. The number of nitrogens with zero attached hydrogens (tertiary/aromatic N) is 2. The van der Waals surface area contributed by atoms with Crippen molar-refractivity contribution < 1.29 is 28.8 Å². The van der Waals surface area contributed by atoms with Crippen LogP contribution in [0.25, 0.3) is 0 Å². The number of non-ortho nitro benzene ring substituents is 1. The molecule has 2 fully saturated rings. The van der Waals surface area contributed by atoms with E-state index >= 15 is 0 Å². The number of anilines is 1. The van der Waals surface area contributed by atoms with Gasteiger partial charge in [-0.1, -0.05) is 17.7 Å². The quantitative estimate of drug-likeness (QED) is 0.162. The van der Waals surface area contributed by atoms with Crippen LogP contribution in [0.5, 0.6) is 0 Å². The number of amides is 2. The summed E-state index contributed by atoms with van der Waals surface area (Å²) in [6, 6.07) is 11.0. The Morgan fingerprint density at radius 3 is 2.47 bits per heavy atom. The third-order valence-electron chi connectivity index (χ3n) is 6.96. The number of benzene rings is 2. The number of esters is 1. The molecule has 1 heterocycles. The van der Waals surface area contributed by atoms with Crippen molar-refractivity contribution >= 4 is 34.9 Å². The fourth-order valence-corrected chi connectivity index (χ4v) is 5.37. The Bertz CT molecular complexity index is 1280. The zero-order valence-corrected chi connectivity index (χ0v) is 18.2. The number of nitro benzene ring substituents is 1. The number of hydrogen-bond donors (Lipinski definition) is 0. The summed E-state index contributed by atoms with van der Waals surface area (Å²) in [7, 11) is 0. The van der Waals surface area contributed by atoms with Crippen LogP contribution in [0, 0.1) is 33.8 Å². The molecule has 9 heteroatoms. The highest BCUT2D eigenvalue weighted by molar-refractivity contribution is 6.23. The van der Waals surface area contributed by atoms with Crippen molar-refractivity contribution in [2.24, 2.45) is 23.7 Å². The molecule has 2 aliphatic carbocycles. The molecule has 1 saturated carbocycles. The standard InChI is InChI=1S/C25H20N2O7/c1-13-9-16-11-19(13)22-21(16)23(29)26(24(22)30)18-4-2-3-15(10-18)25(31)34-12-20(28)14-5-7-17(8-6-14)27(32)33/h2-10,16,19,21-22H,11-12H2,1H3/t16-,19-,21+,22+/m0/s1. The number of ketones is 1. The first-order valence-electron chi connectivity index (χ1n) is 10.9. The van der Waals surface area contributed by atoms with Gasteiger partial charge in [-0.05, 0) is 55.5 Å². The molecular weight excluding hydrogens is 440 g/mol. The van der Waals surface area contributed by atoms with E-state index in [1.807, 2.05) is 6.92 Å². The van der Waals surface area contributed by atoms with Crippen molar-refractivity contribution in [3.8, 4) is 0 Å². The van der Waals surface area contributed by atoms with E-state index in [2.05, 4.69) is 6.08 Å². The minimum atomic E-state index is -0.783. The van der Waals surface area contributed by atoms with E-state index in [0.29, 0.717) is 5.69 Å². The first kappa shape index (κ1) is 21.7. The van der Waals surface area contributed by atoms with Gasteiger partial charge in [-0.2, -0.15) is 0 Å². The number of imide groups is 1. The smallest absolute Gasteiger partial charge is 0.338 e. The SMILES string of the molecule is CC1=C[C@H]2C[C@@H]1[C@H]1C(=O)N(c3cccc(C(=O)OCC(=O)c4ccc([N+](=O)[O-])cc4)c3)C(=O)[C@@H]12. The van der Waals surface area contributed by atoms with Crippen LogP contribution in [0.3, 0.4) is 0 Å². The monoisotopic (exact) mass is 460 g/mol. The molecule has 2 aromatic rings. The molecule has 0 N–H and O–H groups in total. The minimum absolute atomic E-state index is 0.0787. The van der Waals surface area contributed by atoms with Crippen LogP contribution >= 0.6 is 0 Å². The predicted octanol–water partition coefficient (Wildman–Crippen LogP) is 3.34. The lowest BCUT2D eigenvalue weighted by atomic mass is 9.82. The lowest BCUT2D eigenvalue weighted by Crippen LogP contribution is -2.33. The summed E-state index contributed by atoms with van der Waals surface area (Å²) in [5, 5.41) is 10.7. The maximum Gasteiger partial charge on any atom is 0.338 e. The summed E-state index contributed by atoms with van der Waals surface area (Å²) in [4.78, 5) is 62.4. The maximum absolute atomic E-state index is 13.1. The topological polar surface area (TPSA) is 124 Å². The lowest BCUT2D eigenvalue weighted by molar-refractivity contribution is -0.384. The number of carbonyl (C=O) groups excluding carboxylic acids is 4. The Morgan fingerprint density at radius 2 is 1.76 bits per heavy atom. The Balaban J connectivity index is 1.28. The number of carbonyl (C=O) groups is 4. The summed E-state index contributed by atoms with van der Waals surface area (Å²) in [5.74, 6) is -2.32. The first-order chi connectivity index (χ1) is 16.3. The molecule has 9 nitrogen and oxygen atoms in total. The highest BCUT2D eigenvalue weighted by Gasteiger charge is 2.60. The fraction of sp³-hybridized carbons (Fsp3) is 0.280. The van der Waals surface area contributed by atoms with Gasteiger partial charge in [0.25, 0.3) is 5.69 Å². The number of ether oxygens (including phenoxy) is 1. The van der Waals surface area contributed by atoms with Gasteiger partial charge in [-0.15, -0.1) is 0 Å². The van der Waals surface area contributed by atoms with E-state index in [-0.39, 0.29) is 52.3 Å². The number of hydrogen-bond acceptors (Lipinski definition) is 7. The van der Waals surface area contributed by atoms with Crippen LogP contribution in [-0.4, -0.2) is 35.1 Å². The predicted molar refractivity (Wildman–Crippen MR) is 119 cm³/mol. The molecule has 0 spiro atoms. The van der Waals surface area contributed by atoms with E-state index in [9.17, 15) is 29.3 Å². The molecule has 1 aliphatic heterocycles. The van der Waals surface area contributed by atoms with Gasteiger partial charge < -0.3 is 4.74 Å². The van der Waals surface area contributed by atoms with Gasteiger partial charge in [-0.25, -0.2) is 9.69 Å². The van der Waals surface area contributed by atoms with Crippen molar-refractivity contribution in [2.75, 3.05) is 11.5 Å². The summed E-state index contributed by atoms with van der Waals surface area (Å²) in [5.41, 5.74) is 1.58. The second-order valence-corrected chi connectivity index (χ2v) is 8.83. The lowest BCUT2D eigenvalue weighted by Gasteiger charge is -2.19. The average molecular weight is 460 g/mol. The normalized spacial score (nSPS) is 24.7. The highest BCUT2D eigenvalue weighted by atomic mass is 16.6. The summed E-state index contributed by atoms with van der Waals surface area (Å²) in [6.45, 7) is 1.44. The molecule has 1 saturated heterocycles. The molecule has 4 atom stereocenters. The van der Waals surface area contributed by atoms with Crippen molar-refractivity contribution in [3.63, 3.8) is 0 Å². The highest BCUT2D eigenvalue weighted by Crippen LogP contribution is 2.55. The van der Waals surface area contributed by atoms with E-state index in [0.717, 1.165) is 12.0 Å². The van der Waals surface area contributed by atoms with E-state index in [4.69, 9.17) is 4.74 Å². The number of rotatable bonds is 6. The largest absolute Gasteiger partial charge is 0.454 e. The van der Waals surface area contributed by atoms with Crippen LogP contribution in [0.2, 0.25) is 0 Å². The van der Waals surface area contributed by atoms with E-state index < -0.39 is 23.3 Å². The zero-order valence-electron chi connectivity index (χ0n) is 18.2. The maximum atomic E-state index is 13.1. The van der Waals surface area contributed by atoms with E-state index in [1.165, 1.54) is 41.3 Å². The molecule has 172 valence electrons. The van der Waals surface area contributed by atoms with Crippen molar-refractivity contribution in [1.82, 2.24) is 0 Å². The van der Waals surface area contributed by atoms with Gasteiger partial charge >= 0.3 is 5.97 Å². The number of allylic oxidation sites excluding steroid dienone is 2. The van der Waals surface area contributed by atoms with Gasteiger partial charge in [0.2, 0.25) is 11.8 Å².